The highest BCUT2D eigenvalue weighted by atomic mass is 32.2. The Kier molecular flexibility index (Phi) is 4.05. The van der Waals surface area contributed by atoms with E-state index in [1.807, 2.05) is 50.4 Å². The lowest BCUT2D eigenvalue weighted by molar-refractivity contribution is 0.0905. The van der Waals surface area contributed by atoms with E-state index in [0.29, 0.717) is 0 Å². The molecule has 1 rings (SSSR count). The van der Waals surface area contributed by atoms with Gasteiger partial charge >= 0.3 is 0 Å². The van der Waals surface area contributed by atoms with Crippen LogP contribution in [0.5, 0.6) is 0 Å². The number of benzene rings is 1. The lowest BCUT2D eigenvalue weighted by Crippen LogP contribution is -2.30. The molecule has 0 heterocycles. The van der Waals surface area contributed by atoms with Gasteiger partial charge in [0.1, 0.15) is 0 Å². The van der Waals surface area contributed by atoms with Gasteiger partial charge in [-0.15, -0.1) is 11.8 Å². The van der Waals surface area contributed by atoms with E-state index < -0.39 is 5.41 Å². The average molecular weight is 238 g/mol. The van der Waals surface area contributed by atoms with Crippen LogP contribution in [-0.2, 0) is 0 Å². The number of carbonyl (C=O) groups excluding carboxylic acids is 1. The zero-order valence-electron chi connectivity index (χ0n) is 9.11. The van der Waals surface area contributed by atoms with Gasteiger partial charge in [0.15, 0.2) is 5.78 Å². The Balaban J connectivity index is 3.00. The Labute approximate surface area is 100 Å². The van der Waals surface area contributed by atoms with Gasteiger partial charge in [-0.1, -0.05) is 42.5 Å². The second-order valence-corrected chi connectivity index (χ2v) is 5.29. The molecule has 0 bridgehead atoms. The number of hydrogen-bond donors (Lipinski definition) is 0. The molecule has 0 atom stereocenters. The molecule has 1 aromatic rings. The number of ketones is 1. The summed E-state index contributed by atoms with van der Waals surface area (Å²) in [6.07, 6.45) is 1.91. The highest BCUT2D eigenvalue weighted by molar-refractivity contribution is 8.22. The van der Waals surface area contributed by atoms with E-state index in [1.54, 1.807) is 0 Å². The van der Waals surface area contributed by atoms with Gasteiger partial charge in [0.25, 0.3) is 0 Å². The van der Waals surface area contributed by atoms with Crippen molar-refractivity contribution >= 4 is 34.0 Å². The topological polar surface area (TPSA) is 17.1 Å². The Morgan fingerprint density at radius 1 is 1.27 bits per heavy atom. The molecular weight excluding hydrogens is 224 g/mol. The lowest BCUT2D eigenvalue weighted by atomic mass is 9.86. The lowest BCUT2D eigenvalue weighted by Gasteiger charge is -2.22. The molecular formula is C12H14OS2. The molecule has 0 saturated carbocycles. The molecule has 0 amide bonds. The summed E-state index contributed by atoms with van der Waals surface area (Å²) in [6.45, 7) is 3.75. The van der Waals surface area contributed by atoms with Crippen LogP contribution < -0.4 is 0 Å². The van der Waals surface area contributed by atoms with E-state index in [0.717, 1.165) is 9.76 Å². The fourth-order valence-electron chi connectivity index (χ4n) is 1.30. The third-order valence-corrected chi connectivity index (χ3v) is 4.19. The molecule has 0 radical (unpaired) electrons. The van der Waals surface area contributed by atoms with Crippen LogP contribution in [-0.4, -0.2) is 16.2 Å². The van der Waals surface area contributed by atoms with E-state index in [1.165, 1.54) is 11.8 Å². The molecule has 0 unspecified atom stereocenters. The molecule has 0 aromatic heterocycles. The summed E-state index contributed by atoms with van der Waals surface area (Å²) in [7, 11) is 0. The minimum absolute atomic E-state index is 0.0856. The zero-order chi connectivity index (χ0) is 11.5. The minimum Gasteiger partial charge on any atom is -0.293 e. The number of thioether (sulfide) groups is 1. The molecule has 1 nitrogen and oxygen atoms in total. The van der Waals surface area contributed by atoms with Crippen molar-refractivity contribution in [1.82, 2.24) is 0 Å². The highest BCUT2D eigenvalue weighted by Crippen LogP contribution is 2.28. The predicted molar refractivity (Wildman–Crippen MR) is 70.7 cm³/mol. The summed E-state index contributed by atoms with van der Waals surface area (Å²) in [5.74, 6) is 0.0856. The van der Waals surface area contributed by atoms with Crippen LogP contribution in [0, 0.1) is 5.41 Å². The number of Topliss-reactive ketones (excluding diaryl/α,β-unsaturated/α-hetero) is 1. The van der Waals surface area contributed by atoms with E-state index >= 15 is 0 Å². The molecule has 0 N–H and O–H groups in total. The van der Waals surface area contributed by atoms with Crippen LogP contribution in [0.25, 0.3) is 0 Å². The quantitative estimate of drug-likeness (QED) is 0.592. The number of hydrogen-bond acceptors (Lipinski definition) is 3. The summed E-state index contributed by atoms with van der Waals surface area (Å²) in [5, 5.41) is 0. The maximum atomic E-state index is 12.2. The molecule has 3 heteroatoms. The number of rotatable bonds is 3. The second-order valence-electron chi connectivity index (χ2n) is 3.81. The van der Waals surface area contributed by atoms with Gasteiger partial charge in [-0.3, -0.25) is 4.79 Å². The van der Waals surface area contributed by atoms with Gasteiger partial charge in [0.05, 0.1) is 9.61 Å². The Hall–Kier alpha value is -0.670. The maximum Gasteiger partial charge on any atom is 0.174 e. The molecule has 80 valence electrons. The van der Waals surface area contributed by atoms with Gasteiger partial charge in [-0.2, -0.15) is 0 Å². The molecule has 0 aliphatic heterocycles. The fourth-order valence-corrected chi connectivity index (χ4v) is 1.99. The van der Waals surface area contributed by atoms with E-state index in [2.05, 4.69) is 0 Å². The predicted octanol–water partition coefficient (Wildman–Crippen LogP) is 3.59. The van der Waals surface area contributed by atoms with Crippen molar-refractivity contribution in [3.63, 3.8) is 0 Å². The van der Waals surface area contributed by atoms with Gasteiger partial charge < -0.3 is 0 Å². The van der Waals surface area contributed by atoms with E-state index in [9.17, 15) is 4.79 Å². The van der Waals surface area contributed by atoms with Gasteiger partial charge in [-0.25, -0.2) is 0 Å². The average Bonchev–Trinajstić information content (AvgIpc) is 2.28. The smallest absolute Gasteiger partial charge is 0.174 e. The van der Waals surface area contributed by atoms with Crippen molar-refractivity contribution in [2.75, 3.05) is 6.26 Å². The van der Waals surface area contributed by atoms with Crippen LogP contribution in [0.4, 0.5) is 0 Å². The summed E-state index contributed by atoms with van der Waals surface area (Å²) < 4.78 is 0.733. The molecule has 0 spiro atoms. The van der Waals surface area contributed by atoms with Gasteiger partial charge in [0, 0.05) is 5.56 Å². The molecule has 0 saturated heterocycles. The van der Waals surface area contributed by atoms with Crippen molar-refractivity contribution in [3.05, 3.63) is 35.9 Å². The third kappa shape index (κ3) is 2.67. The molecule has 1 aromatic carbocycles. The molecule has 0 aliphatic carbocycles. The van der Waals surface area contributed by atoms with E-state index in [-0.39, 0.29) is 5.78 Å². The monoisotopic (exact) mass is 238 g/mol. The van der Waals surface area contributed by atoms with Crippen LogP contribution in [0.3, 0.4) is 0 Å². The first-order chi connectivity index (χ1) is 7.00. The van der Waals surface area contributed by atoms with E-state index in [4.69, 9.17) is 12.2 Å². The molecule has 15 heavy (non-hydrogen) atoms. The van der Waals surface area contributed by atoms with Crippen molar-refractivity contribution in [2.45, 2.75) is 13.8 Å². The van der Waals surface area contributed by atoms with Gasteiger partial charge in [-0.05, 0) is 20.1 Å². The third-order valence-electron chi connectivity index (χ3n) is 2.30. The van der Waals surface area contributed by atoms with Crippen LogP contribution in [0.1, 0.15) is 24.2 Å². The normalized spacial score (nSPS) is 11.1. The number of carbonyl (C=O) groups is 1. The largest absolute Gasteiger partial charge is 0.293 e. The Morgan fingerprint density at radius 2 is 1.80 bits per heavy atom. The molecule has 0 aliphatic rings. The first-order valence-electron chi connectivity index (χ1n) is 4.68. The highest BCUT2D eigenvalue weighted by Gasteiger charge is 2.32. The van der Waals surface area contributed by atoms with Crippen molar-refractivity contribution < 1.29 is 4.79 Å². The summed E-state index contributed by atoms with van der Waals surface area (Å²) in [6, 6.07) is 9.29. The van der Waals surface area contributed by atoms with Crippen LogP contribution in [0.15, 0.2) is 30.3 Å². The van der Waals surface area contributed by atoms with Gasteiger partial charge in [0.2, 0.25) is 0 Å². The van der Waals surface area contributed by atoms with Crippen LogP contribution in [0.2, 0.25) is 0 Å². The minimum atomic E-state index is -0.573. The first-order valence-corrected chi connectivity index (χ1v) is 6.31. The first kappa shape index (κ1) is 12.4. The maximum absolute atomic E-state index is 12.2. The van der Waals surface area contributed by atoms with Crippen molar-refractivity contribution in [3.8, 4) is 0 Å². The summed E-state index contributed by atoms with van der Waals surface area (Å²) in [4.78, 5) is 12.2. The summed E-state index contributed by atoms with van der Waals surface area (Å²) in [5.41, 5.74) is 0.148. The van der Waals surface area contributed by atoms with Crippen LogP contribution >= 0.6 is 24.0 Å². The standard InChI is InChI=1S/C12H14OS2/c1-12(2,11(14)15-3)10(13)9-7-5-4-6-8-9/h4-8H,1-3H3. The summed E-state index contributed by atoms with van der Waals surface area (Å²) >= 11 is 6.68. The SMILES string of the molecule is CSC(=S)C(C)(C)C(=O)c1ccccc1. The Bertz CT molecular complexity index is 368. The number of thiocarbonyl (C=S) groups is 1. The fraction of sp³-hybridized carbons (Fsp3) is 0.333. The Morgan fingerprint density at radius 3 is 2.27 bits per heavy atom. The zero-order valence-corrected chi connectivity index (χ0v) is 10.7. The molecule has 0 fully saturated rings. The second kappa shape index (κ2) is 4.90. The van der Waals surface area contributed by atoms with Crippen molar-refractivity contribution in [1.29, 1.82) is 0 Å². The van der Waals surface area contributed by atoms with Crippen molar-refractivity contribution in [2.24, 2.45) is 5.41 Å².